The highest BCUT2D eigenvalue weighted by Gasteiger charge is 2.17. The Morgan fingerprint density at radius 1 is 1.19 bits per heavy atom. The Morgan fingerprint density at radius 2 is 1.95 bits per heavy atom. The van der Waals surface area contributed by atoms with Crippen LogP contribution < -0.4 is 10.5 Å². The largest absolute Gasteiger partial charge is 0.465 e. The third kappa shape index (κ3) is 3.32. The van der Waals surface area contributed by atoms with Gasteiger partial charge in [0.25, 0.3) is 0 Å². The molecule has 0 saturated heterocycles. The molecule has 0 aliphatic rings. The number of benzene rings is 2. The molecule has 110 valence electrons. The van der Waals surface area contributed by atoms with Crippen LogP contribution in [0.3, 0.4) is 0 Å². The number of anilines is 1. The average molecular weight is 287 g/mol. The lowest BCUT2D eigenvalue weighted by Crippen LogP contribution is -2.06. The Balaban J connectivity index is 2.42. The second-order valence-electron chi connectivity index (χ2n) is 4.40. The zero-order valence-corrected chi connectivity index (χ0v) is 11.7. The molecule has 0 bridgehead atoms. The molecule has 3 N–H and O–H groups in total. The van der Waals surface area contributed by atoms with E-state index in [1.54, 1.807) is 24.3 Å². The first-order valence-electron chi connectivity index (χ1n) is 6.50. The molecule has 0 aliphatic carbocycles. The SMILES string of the molecule is COC(=O)c1cccc(N)c1Oc1ccccc1CCO. The van der Waals surface area contributed by atoms with Crippen molar-refractivity contribution in [2.45, 2.75) is 6.42 Å². The van der Waals surface area contributed by atoms with Gasteiger partial charge < -0.3 is 20.3 Å². The molecular formula is C16H17NO4. The van der Waals surface area contributed by atoms with E-state index in [1.807, 2.05) is 18.2 Å². The van der Waals surface area contributed by atoms with Gasteiger partial charge in [-0.3, -0.25) is 0 Å². The van der Waals surface area contributed by atoms with Gasteiger partial charge in [-0.1, -0.05) is 24.3 Å². The van der Waals surface area contributed by atoms with Crippen LogP contribution in [0.25, 0.3) is 0 Å². The fraction of sp³-hybridized carbons (Fsp3) is 0.188. The van der Waals surface area contributed by atoms with Gasteiger partial charge in [0, 0.05) is 6.61 Å². The summed E-state index contributed by atoms with van der Waals surface area (Å²) in [6.45, 7) is 0.00844. The molecule has 2 aromatic carbocycles. The summed E-state index contributed by atoms with van der Waals surface area (Å²) in [7, 11) is 1.30. The number of para-hydroxylation sites is 2. The number of carbonyl (C=O) groups excluding carboxylic acids is 1. The fourth-order valence-electron chi connectivity index (χ4n) is 1.98. The van der Waals surface area contributed by atoms with Crippen molar-refractivity contribution >= 4 is 11.7 Å². The van der Waals surface area contributed by atoms with Crippen molar-refractivity contribution in [2.24, 2.45) is 0 Å². The lowest BCUT2D eigenvalue weighted by molar-refractivity contribution is 0.0598. The molecule has 0 atom stereocenters. The number of nitrogens with two attached hydrogens (primary N) is 1. The summed E-state index contributed by atoms with van der Waals surface area (Å²) >= 11 is 0. The van der Waals surface area contributed by atoms with Gasteiger partial charge in [-0.25, -0.2) is 4.79 Å². The van der Waals surface area contributed by atoms with Gasteiger partial charge in [0.2, 0.25) is 0 Å². The molecule has 21 heavy (non-hydrogen) atoms. The van der Waals surface area contributed by atoms with E-state index in [9.17, 15) is 4.79 Å². The quantitative estimate of drug-likeness (QED) is 0.652. The maximum Gasteiger partial charge on any atom is 0.341 e. The van der Waals surface area contributed by atoms with E-state index in [2.05, 4.69) is 0 Å². The number of nitrogen functional groups attached to an aromatic ring is 1. The van der Waals surface area contributed by atoms with Crippen LogP contribution in [0.2, 0.25) is 0 Å². The summed E-state index contributed by atoms with van der Waals surface area (Å²) in [4.78, 5) is 11.8. The van der Waals surface area contributed by atoms with E-state index >= 15 is 0 Å². The molecule has 2 rings (SSSR count). The highest BCUT2D eigenvalue weighted by atomic mass is 16.5. The molecule has 5 heteroatoms. The third-order valence-electron chi connectivity index (χ3n) is 3.02. The van der Waals surface area contributed by atoms with E-state index in [-0.39, 0.29) is 17.9 Å². The molecule has 0 aliphatic heterocycles. The Labute approximate surface area is 122 Å². The number of hydrogen-bond acceptors (Lipinski definition) is 5. The minimum absolute atomic E-state index is 0.00844. The van der Waals surface area contributed by atoms with E-state index in [4.69, 9.17) is 20.3 Å². The average Bonchev–Trinajstić information content (AvgIpc) is 2.50. The van der Waals surface area contributed by atoms with Gasteiger partial charge in [-0.15, -0.1) is 0 Å². The van der Waals surface area contributed by atoms with Crippen molar-refractivity contribution in [3.63, 3.8) is 0 Å². The lowest BCUT2D eigenvalue weighted by atomic mass is 10.1. The van der Waals surface area contributed by atoms with Crippen molar-refractivity contribution in [1.82, 2.24) is 0 Å². The number of rotatable bonds is 5. The smallest absolute Gasteiger partial charge is 0.341 e. The highest BCUT2D eigenvalue weighted by molar-refractivity contribution is 5.94. The molecule has 5 nitrogen and oxygen atoms in total. The molecule has 0 fully saturated rings. The maximum atomic E-state index is 11.8. The third-order valence-corrected chi connectivity index (χ3v) is 3.02. The number of esters is 1. The van der Waals surface area contributed by atoms with Gasteiger partial charge in [-0.2, -0.15) is 0 Å². The number of carbonyl (C=O) groups is 1. The van der Waals surface area contributed by atoms with Crippen LogP contribution in [0, 0.1) is 0 Å². The van der Waals surface area contributed by atoms with Crippen LogP contribution >= 0.6 is 0 Å². The van der Waals surface area contributed by atoms with Gasteiger partial charge in [0.05, 0.1) is 12.8 Å². The van der Waals surface area contributed by atoms with Crippen LogP contribution in [-0.2, 0) is 11.2 Å². The van der Waals surface area contributed by atoms with Crippen LogP contribution in [0.5, 0.6) is 11.5 Å². The molecule has 0 saturated carbocycles. The first-order chi connectivity index (χ1) is 10.2. The van der Waals surface area contributed by atoms with Crippen molar-refractivity contribution in [3.05, 3.63) is 53.6 Å². The highest BCUT2D eigenvalue weighted by Crippen LogP contribution is 2.33. The van der Waals surface area contributed by atoms with Gasteiger partial charge in [0.1, 0.15) is 11.3 Å². The number of aliphatic hydroxyl groups is 1. The summed E-state index contributed by atoms with van der Waals surface area (Å²) in [5, 5.41) is 9.09. The van der Waals surface area contributed by atoms with Gasteiger partial charge in [0.15, 0.2) is 5.75 Å². The number of aliphatic hydroxyl groups excluding tert-OH is 1. The minimum atomic E-state index is -0.517. The van der Waals surface area contributed by atoms with Crippen molar-refractivity contribution in [1.29, 1.82) is 0 Å². The van der Waals surface area contributed by atoms with Crippen LogP contribution in [0.15, 0.2) is 42.5 Å². The van der Waals surface area contributed by atoms with Gasteiger partial charge >= 0.3 is 5.97 Å². The summed E-state index contributed by atoms with van der Waals surface area (Å²) in [6.07, 6.45) is 0.455. The second kappa shape index (κ2) is 6.76. The second-order valence-corrected chi connectivity index (χ2v) is 4.40. The van der Waals surface area contributed by atoms with E-state index in [0.29, 0.717) is 17.9 Å². The topological polar surface area (TPSA) is 81.8 Å². The molecule has 0 unspecified atom stereocenters. The molecule has 0 spiro atoms. The van der Waals surface area contributed by atoms with Crippen molar-refractivity contribution < 1.29 is 19.4 Å². The van der Waals surface area contributed by atoms with Crippen molar-refractivity contribution in [2.75, 3.05) is 19.5 Å². The summed E-state index contributed by atoms with van der Waals surface area (Å²) < 4.78 is 10.5. The fourth-order valence-corrected chi connectivity index (χ4v) is 1.98. The Kier molecular flexibility index (Phi) is 4.79. The monoisotopic (exact) mass is 287 g/mol. The molecule has 0 radical (unpaired) electrons. The molecular weight excluding hydrogens is 270 g/mol. The number of ether oxygens (including phenoxy) is 2. The summed E-state index contributed by atoms with van der Waals surface area (Å²) in [6, 6.07) is 12.2. The zero-order valence-electron chi connectivity index (χ0n) is 11.7. The number of methoxy groups -OCH3 is 1. The van der Waals surface area contributed by atoms with Crippen LogP contribution in [-0.4, -0.2) is 24.8 Å². The minimum Gasteiger partial charge on any atom is -0.465 e. The summed E-state index contributed by atoms with van der Waals surface area (Å²) in [5.41, 5.74) is 7.34. The standard InChI is InChI=1S/C16H17NO4/c1-20-16(19)12-6-4-7-13(17)15(12)21-14-8-3-2-5-11(14)9-10-18/h2-8,18H,9-10,17H2,1H3. The first kappa shape index (κ1) is 14.9. The predicted octanol–water partition coefficient (Wildman–Crippen LogP) is 2.38. The Morgan fingerprint density at radius 3 is 2.67 bits per heavy atom. The van der Waals surface area contributed by atoms with E-state index in [1.165, 1.54) is 7.11 Å². The van der Waals surface area contributed by atoms with Crippen LogP contribution in [0.4, 0.5) is 5.69 Å². The van der Waals surface area contributed by atoms with Crippen LogP contribution in [0.1, 0.15) is 15.9 Å². The molecule has 2 aromatic rings. The molecule has 0 heterocycles. The van der Waals surface area contributed by atoms with E-state index < -0.39 is 5.97 Å². The lowest BCUT2D eigenvalue weighted by Gasteiger charge is -2.14. The molecule has 0 aromatic heterocycles. The number of hydrogen-bond donors (Lipinski definition) is 2. The molecule has 0 amide bonds. The zero-order chi connectivity index (χ0) is 15.2. The maximum absolute atomic E-state index is 11.8. The Bertz CT molecular complexity index is 640. The van der Waals surface area contributed by atoms with E-state index in [0.717, 1.165) is 5.56 Å². The predicted molar refractivity (Wildman–Crippen MR) is 79.5 cm³/mol. The first-order valence-corrected chi connectivity index (χ1v) is 6.50. The van der Waals surface area contributed by atoms with Gasteiger partial charge in [-0.05, 0) is 30.2 Å². The Hall–Kier alpha value is -2.53. The normalized spacial score (nSPS) is 10.2. The summed E-state index contributed by atoms with van der Waals surface area (Å²) in [5.74, 6) is 0.293. The van der Waals surface area contributed by atoms with Crippen molar-refractivity contribution in [3.8, 4) is 11.5 Å².